The van der Waals surface area contributed by atoms with Crippen LogP contribution in [0.1, 0.15) is 16.8 Å². The van der Waals surface area contributed by atoms with E-state index in [1.165, 1.54) is 11.1 Å². The first-order valence-electron chi connectivity index (χ1n) is 5.01. The molecule has 0 aliphatic carbocycles. The summed E-state index contributed by atoms with van der Waals surface area (Å²) in [6.07, 6.45) is 3.62. The largest absolute Gasteiger partial charge is 0.325 e. The van der Waals surface area contributed by atoms with Crippen molar-refractivity contribution in [3.8, 4) is 5.69 Å². The van der Waals surface area contributed by atoms with Crippen molar-refractivity contribution in [1.29, 1.82) is 0 Å². The molecule has 0 atom stereocenters. The third-order valence-electron chi connectivity index (χ3n) is 2.55. The fraction of sp³-hybridized carbons (Fsp3) is 0.250. The molecule has 2 aromatic rings. The Morgan fingerprint density at radius 3 is 2.87 bits per heavy atom. The molecule has 0 saturated heterocycles. The molecular formula is C12H15N3. The van der Waals surface area contributed by atoms with Crippen LogP contribution in [0.25, 0.3) is 5.69 Å². The van der Waals surface area contributed by atoms with Gasteiger partial charge in [-0.3, -0.25) is 0 Å². The van der Waals surface area contributed by atoms with Crippen molar-refractivity contribution in [1.82, 2.24) is 9.55 Å². The first-order valence-corrected chi connectivity index (χ1v) is 5.01. The van der Waals surface area contributed by atoms with Crippen molar-refractivity contribution in [2.45, 2.75) is 20.4 Å². The number of aromatic nitrogens is 2. The highest BCUT2D eigenvalue weighted by molar-refractivity contribution is 5.44. The second-order valence-electron chi connectivity index (χ2n) is 3.75. The maximum Gasteiger partial charge on any atom is 0.0994 e. The lowest BCUT2D eigenvalue weighted by Gasteiger charge is -2.10. The molecule has 0 fully saturated rings. The maximum absolute atomic E-state index is 5.66. The molecule has 1 aromatic heterocycles. The van der Waals surface area contributed by atoms with E-state index in [4.69, 9.17) is 5.73 Å². The third kappa shape index (κ3) is 1.78. The Labute approximate surface area is 89.6 Å². The summed E-state index contributed by atoms with van der Waals surface area (Å²) < 4.78 is 2.04. The molecule has 0 unspecified atom stereocenters. The zero-order valence-corrected chi connectivity index (χ0v) is 9.07. The van der Waals surface area contributed by atoms with Crippen LogP contribution < -0.4 is 5.73 Å². The summed E-state index contributed by atoms with van der Waals surface area (Å²) in [4.78, 5) is 4.12. The van der Waals surface area contributed by atoms with Crippen LogP contribution in [-0.2, 0) is 6.54 Å². The molecule has 0 saturated carbocycles. The molecule has 1 heterocycles. The van der Waals surface area contributed by atoms with E-state index in [2.05, 4.69) is 37.0 Å². The summed E-state index contributed by atoms with van der Waals surface area (Å²) in [5, 5.41) is 0. The van der Waals surface area contributed by atoms with Gasteiger partial charge in [0.25, 0.3) is 0 Å². The van der Waals surface area contributed by atoms with Crippen LogP contribution in [0.3, 0.4) is 0 Å². The Morgan fingerprint density at radius 1 is 1.33 bits per heavy atom. The maximum atomic E-state index is 5.66. The van der Waals surface area contributed by atoms with Gasteiger partial charge in [-0.1, -0.05) is 12.1 Å². The Balaban J connectivity index is 2.58. The van der Waals surface area contributed by atoms with Gasteiger partial charge in [0.05, 0.1) is 12.0 Å². The standard InChI is InChI=1S/C12H15N3/c1-9-3-4-10(2)12(5-9)15-8-14-7-11(15)6-13/h3-5,7-8H,6,13H2,1-2H3. The Morgan fingerprint density at radius 2 is 2.13 bits per heavy atom. The normalized spacial score (nSPS) is 10.6. The monoisotopic (exact) mass is 201 g/mol. The lowest BCUT2D eigenvalue weighted by molar-refractivity contribution is 0.903. The van der Waals surface area contributed by atoms with E-state index in [0.717, 1.165) is 11.4 Å². The fourth-order valence-corrected chi connectivity index (χ4v) is 1.67. The Hall–Kier alpha value is -1.61. The molecule has 0 radical (unpaired) electrons. The van der Waals surface area contributed by atoms with Gasteiger partial charge in [0.2, 0.25) is 0 Å². The molecular weight excluding hydrogens is 186 g/mol. The number of hydrogen-bond donors (Lipinski definition) is 1. The quantitative estimate of drug-likeness (QED) is 0.807. The van der Waals surface area contributed by atoms with Crippen LogP contribution in [0.2, 0.25) is 0 Å². The minimum Gasteiger partial charge on any atom is -0.325 e. The summed E-state index contributed by atoms with van der Waals surface area (Å²) in [6, 6.07) is 6.37. The topological polar surface area (TPSA) is 43.8 Å². The van der Waals surface area contributed by atoms with E-state index in [1.807, 2.05) is 17.1 Å². The van der Waals surface area contributed by atoms with Gasteiger partial charge in [-0.2, -0.15) is 0 Å². The Kier molecular flexibility index (Phi) is 2.56. The van der Waals surface area contributed by atoms with Crippen LogP contribution in [0.5, 0.6) is 0 Å². The molecule has 15 heavy (non-hydrogen) atoms. The van der Waals surface area contributed by atoms with Gasteiger partial charge in [-0.25, -0.2) is 4.98 Å². The molecule has 3 heteroatoms. The van der Waals surface area contributed by atoms with Gasteiger partial charge in [0.1, 0.15) is 0 Å². The predicted molar refractivity (Wildman–Crippen MR) is 60.9 cm³/mol. The van der Waals surface area contributed by atoms with E-state index >= 15 is 0 Å². The average Bonchev–Trinajstić information content (AvgIpc) is 2.69. The average molecular weight is 201 g/mol. The number of hydrogen-bond acceptors (Lipinski definition) is 2. The zero-order valence-electron chi connectivity index (χ0n) is 9.07. The summed E-state index contributed by atoms with van der Waals surface area (Å²) in [5.41, 5.74) is 10.3. The SMILES string of the molecule is Cc1ccc(C)c(-n2cncc2CN)c1. The van der Waals surface area contributed by atoms with Gasteiger partial charge in [0, 0.05) is 18.4 Å². The van der Waals surface area contributed by atoms with Crippen molar-refractivity contribution in [2.24, 2.45) is 5.73 Å². The molecule has 0 bridgehead atoms. The number of imidazole rings is 1. The summed E-state index contributed by atoms with van der Waals surface area (Å²) in [6.45, 7) is 4.68. The highest BCUT2D eigenvalue weighted by Gasteiger charge is 2.05. The molecule has 2 rings (SSSR count). The molecule has 1 aromatic carbocycles. The van der Waals surface area contributed by atoms with Crippen LogP contribution >= 0.6 is 0 Å². The summed E-state index contributed by atoms with van der Waals surface area (Å²) in [5.74, 6) is 0. The van der Waals surface area contributed by atoms with Gasteiger partial charge in [0.15, 0.2) is 0 Å². The molecule has 0 aliphatic heterocycles. The number of nitrogens with zero attached hydrogens (tertiary/aromatic N) is 2. The van der Waals surface area contributed by atoms with Gasteiger partial charge in [-0.05, 0) is 31.0 Å². The van der Waals surface area contributed by atoms with Crippen molar-refractivity contribution in [2.75, 3.05) is 0 Å². The second kappa shape index (κ2) is 3.87. The number of nitrogens with two attached hydrogens (primary N) is 1. The minimum absolute atomic E-state index is 0.507. The number of rotatable bonds is 2. The summed E-state index contributed by atoms with van der Waals surface area (Å²) in [7, 11) is 0. The van der Waals surface area contributed by atoms with Gasteiger partial charge >= 0.3 is 0 Å². The van der Waals surface area contributed by atoms with Crippen LogP contribution in [-0.4, -0.2) is 9.55 Å². The van der Waals surface area contributed by atoms with E-state index in [1.54, 1.807) is 0 Å². The predicted octanol–water partition coefficient (Wildman–Crippen LogP) is 1.95. The van der Waals surface area contributed by atoms with E-state index in [9.17, 15) is 0 Å². The van der Waals surface area contributed by atoms with E-state index in [-0.39, 0.29) is 0 Å². The van der Waals surface area contributed by atoms with Gasteiger partial charge < -0.3 is 10.3 Å². The molecule has 2 N–H and O–H groups in total. The highest BCUT2D eigenvalue weighted by Crippen LogP contribution is 2.17. The second-order valence-corrected chi connectivity index (χ2v) is 3.75. The van der Waals surface area contributed by atoms with Crippen LogP contribution in [0.4, 0.5) is 0 Å². The highest BCUT2D eigenvalue weighted by atomic mass is 15.1. The van der Waals surface area contributed by atoms with Crippen molar-refractivity contribution in [3.63, 3.8) is 0 Å². The zero-order chi connectivity index (χ0) is 10.8. The molecule has 0 amide bonds. The lowest BCUT2D eigenvalue weighted by atomic mass is 10.1. The van der Waals surface area contributed by atoms with Gasteiger partial charge in [-0.15, -0.1) is 0 Å². The van der Waals surface area contributed by atoms with E-state index < -0.39 is 0 Å². The van der Waals surface area contributed by atoms with Crippen molar-refractivity contribution >= 4 is 0 Å². The Bertz CT molecular complexity index is 471. The number of benzene rings is 1. The molecule has 3 nitrogen and oxygen atoms in total. The molecule has 78 valence electrons. The number of aryl methyl sites for hydroxylation is 2. The first kappa shape index (κ1) is 9.93. The van der Waals surface area contributed by atoms with Crippen LogP contribution in [0, 0.1) is 13.8 Å². The summed E-state index contributed by atoms with van der Waals surface area (Å²) >= 11 is 0. The molecule has 0 aliphatic rings. The van der Waals surface area contributed by atoms with E-state index in [0.29, 0.717) is 6.54 Å². The minimum atomic E-state index is 0.507. The lowest BCUT2D eigenvalue weighted by Crippen LogP contribution is -2.05. The van der Waals surface area contributed by atoms with Crippen LogP contribution in [0.15, 0.2) is 30.7 Å². The fourth-order valence-electron chi connectivity index (χ4n) is 1.67. The van der Waals surface area contributed by atoms with Crippen molar-refractivity contribution < 1.29 is 0 Å². The smallest absolute Gasteiger partial charge is 0.0994 e. The first-order chi connectivity index (χ1) is 7.22. The third-order valence-corrected chi connectivity index (χ3v) is 2.55. The molecule has 0 spiro atoms. The van der Waals surface area contributed by atoms with Crippen molar-refractivity contribution in [3.05, 3.63) is 47.5 Å².